The van der Waals surface area contributed by atoms with Gasteiger partial charge in [0.15, 0.2) is 0 Å². The molecule has 0 bridgehead atoms. The van der Waals surface area contributed by atoms with Crippen LogP contribution >= 0.6 is 0 Å². The van der Waals surface area contributed by atoms with Crippen molar-refractivity contribution in [3.05, 3.63) is 71.9 Å². The Morgan fingerprint density at radius 3 is 2.54 bits per heavy atom. The summed E-state index contributed by atoms with van der Waals surface area (Å²) in [5, 5.41) is 0. The van der Waals surface area contributed by atoms with Gasteiger partial charge < -0.3 is 15.5 Å². The second-order valence-corrected chi connectivity index (χ2v) is 6.64. The van der Waals surface area contributed by atoms with E-state index in [2.05, 4.69) is 9.89 Å². The number of benzene rings is 2. The first kappa shape index (κ1) is 16.4. The molecular formula is C21H22N4O. The molecule has 0 atom stereocenters. The van der Waals surface area contributed by atoms with Crippen LogP contribution in [-0.4, -0.2) is 36.3 Å². The number of anilines is 1. The number of rotatable bonds is 3. The first-order chi connectivity index (χ1) is 12.7. The third-order valence-electron chi connectivity index (χ3n) is 4.83. The summed E-state index contributed by atoms with van der Waals surface area (Å²) in [6, 6.07) is 17.9. The highest BCUT2D eigenvalue weighted by molar-refractivity contribution is 5.98. The highest BCUT2D eigenvalue weighted by atomic mass is 16.2. The number of amides is 1. The minimum absolute atomic E-state index is 0.107. The van der Waals surface area contributed by atoms with Gasteiger partial charge in [0.1, 0.15) is 5.84 Å². The molecular weight excluding hydrogens is 324 g/mol. The van der Waals surface area contributed by atoms with Crippen LogP contribution in [0.4, 0.5) is 5.69 Å². The Balaban J connectivity index is 1.68. The summed E-state index contributed by atoms with van der Waals surface area (Å²) in [4.78, 5) is 21.1. The van der Waals surface area contributed by atoms with Gasteiger partial charge in [-0.3, -0.25) is 4.79 Å². The van der Waals surface area contributed by atoms with Crippen LogP contribution in [0.5, 0.6) is 0 Å². The van der Waals surface area contributed by atoms with Gasteiger partial charge in [-0.05, 0) is 37.1 Å². The lowest BCUT2D eigenvalue weighted by Gasteiger charge is -2.29. The fraction of sp³-hybridized carbons (Fsp3) is 0.238. The number of carbonyl (C=O) groups is 1. The number of hydrogen-bond donors (Lipinski definition) is 1. The minimum Gasteiger partial charge on any atom is -0.386 e. The Labute approximate surface area is 153 Å². The Hall–Kier alpha value is -3.08. The molecule has 1 fully saturated rings. The van der Waals surface area contributed by atoms with E-state index in [1.54, 1.807) is 6.20 Å². The molecule has 2 heterocycles. The average molecular weight is 346 g/mol. The molecule has 2 N–H and O–H groups in total. The van der Waals surface area contributed by atoms with Crippen molar-refractivity contribution in [2.75, 3.05) is 24.5 Å². The first-order valence-electron chi connectivity index (χ1n) is 8.97. The maximum Gasteiger partial charge on any atom is 0.253 e. The summed E-state index contributed by atoms with van der Waals surface area (Å²) in [5.41, 5.74) is 9.65. The summed E-state index contributed by atoms with van der Waals surface area (Å²) >= 11 is 0. The first-order valence-corrected chi connectivity index (χ1v) is 8.97. The van der Waals surface area contributed by atoms with Crippen molar-refractivity contribution in [2.24, 2.45) is 10.7 Å². The molecule has 2 aliphatic heterocycles. The van der Waals surface area contributed by atoms with Crippen molar-refractivity contribution >= 4 is 23.1 Å². The van der Waals surface area contributed by atoms with Crippen LogP contribution in [0.25, 0.3) is 5.70 Å². The zero-order chi connectivity index (χ0) is 17.9. The quantitative estimate of drug-likeness (QED) is 0.929. The summed E-state index contributed by atoms with van der Waals surface area (Å²) in [6.45, 7) is 2.23. The van der Waals surface area contributed by atoms with Crippen LogP contribution in [0.15, 0.2) is 65.8 Å². The Kier molecular flexibility index (Phi) is 4.44. The lowest BCUT2D eigenvalue weighted by atomic mass is 10.1. The molecule has 0 spiro atoms. The predicted molar refractivity (Wildman–Crippen MR) is 105 cm³/mol. The summed E-state index contributed by atoms with van der Waals surface area (Å²) in [5.74, 6) is 0.678. The number of para-hydroxylation sites is 1. The molecule has 26 heavy (non-hydrogen) atoms. The summed E-state index contributed by atoms with van der Waals surface area (Å²) in [6.07, 6.45) is 3.96. The largest absolute Gasteiger partial charge is 0.386 e. The maximum atomic E-state index is 12.7. The smallest absolute Gasteiger partial charge is 0.253 e. The van der Waals surface area contributed by atoms with E-state index >= 15 is 0 Å². The Bertz CT molecular complexity index is 867. The highest BCUT2D eigenvalue weighted by Gasteiger charge is 2.22. The molecule has 2 aliphatic rings. The van der Waals surface area contributed by atoms with Crippen LogP contribution < -0.4 is 10.6 Å². The van der Waals surface area contributed by atoms with Crippen molar-refractivity contribution in [3.63, 3.8) is 0 Å². The Morgan fingerprint density at radius 2 is 1.77 bits per heavy atom. The molecule has 0 aromatic heterocycles. The second-order valence-electron chi connectivity index (χ2n) is 6.64. The molecule has 1 saturated heterocycles. The van der Waals surface area contributed by atoms with Crippen LogP contribution in [0.2, 0.25) is 0 Å². The molecule has 2 aromatic rings. The number of likely N-dealkylation sites (tertiary alicyclic amines) is 1. The monoisotopic (exact) mass is 346 g/mol. The van der Waals surface area contributed by atoms with Gasteiger partial charge in [-0.1, -0.05) is 30.3 Å². The van der Waals surface area contributed by atoms with Crippen molar-refractivity contribution in [1.82, 2.24) is 4.90 Å². The average Bonchev–Trinajstić information content (AvgIpc) is 3.23. The predicted octanol–water partition coefficient (Wildman–Crippen LogP) is 3.10. The molecule has 1 amide bonds. The third-order valence-corrected chi connectivity index (χ3v) is 4.83. The van der Waals surface area contributed by atoms with E-state index in [9.17, 15) is 4.79 Å². The van der Waals surface area contributed by atoms with Gasteiger partial charge in [0.05, 0.1) is 18.4 Å². The molecule has 0 saturated carbocycles. The fourth-order valence-electron chi connectivity index (χ4n) is 3.48. The van der Waals surface area contributed by atoms with E-state index in [4.69, 9.17) is 5.73 Å². The van der Waals surface area contributed by atoms with Crippen LogP contribution in [0.3, 0.4) is 0 Å². The van der Waals surface area contributed by atoms with Gasteiger partial charge in [-0.2, -0.15) is 0 Å². The highest BCUT2D eigenvalue weighted by Crippen LogP contribution is 2.29. The number of amidine groups is 1. The van der Waals surface area contributed by atoms with Crippen LogP contribution in [-0.2, 0) is 0 Å². The van der Waals surface area contributed by atoms with Crippen molar-refractivity contribution in [3.8, 4) is 0 Å². The number of nitrogens with zero attached hydrogens (tertiary/aromatic N) is 3. The SMILES string of the molecule is NC1=NC=C(c2cccc(C(=O)N3CCCC3)c2)N(c2ccccc2)C1. The van der Waals surface area contributed by atoms with Gasteiger partial charge in [-0.15, -0.1) is 0 Å². The molecule has 5 heteroatoms. The number of aliphatic imine (C=N–C) groups is 1. The minimum atomic E-state index is 0.107. The molecule has 132 valence electrons. The number of hydrogen-bond acceptors (Lipinski definition) is 4. The lowest BCUT2D eigenvalue weighted by Crippen LogP contribution is -2.35. The molecule has 0 unspecified atom stereocenters. The molecule has 0 aliphatic carbocycles. The zero-order valence-corrected chi connectivity index (χ0v) is 14.6. The van der Waals surface area contributed by atoms with E-state index in [1.165, 1.54) is 0 Å². The summed E-state index contributed by atoms with van der Waals surface area (Å²) < 4.78 is 0. The van der Waals surface area contributed by atoms with Crippen LogP contribution in [0, 0.1) is 0 Å². The zero-order valence-electron chi connectivity index (χ0n) is 14.6. The fourth-order valence-corrected chi connectivity index (χ4v) is 3.48. The van der Waals surface area contributed by atoms with Crippen molar-refractivity contribution in [1.29, 1.82) is 0 Å². The van der Waals surface area contributed by atoms with Gasteiger partial charge >= 0.3 is 0 Å². The molecule has 0 radical (unpaired) electrons. The normalized spacial score (nSPS) is 17.1. The molecule has 2 aromatic carbocycles. The lowest BCUT2D eigenvalue weighted by molar-refractivity contribution is 0.0793. The van der Waals surface area contributed by atoms with Crippen LogP contribution in [0.1, 0.15) is 28.8 Å². The third kappa shape index (κ3) is 3.20. The van der Waals surface area contributed by atoms with E-state index in [0.29, 0.717) is 12.4 Å². The van der Waals surface area contributed by atoms with Gasteiger partial charge in [0.25, 0.3) is 5.91 Å². The van der Waals surface area contributed by atoms with Crippen molar-refractivity contribution in [2.45, 2.75) is 12.8 Å². The molecule has 4 rings (SSSR count). The molecule has 5 nitrogen and oxygen atoms in total. The Morgan fingerprint density at radius 1 is 1.00 bits per heavy atom. The van der Waals surface area contributed by atoms with E-state index < -0.39 is 0 Å². The van der Waals surface area contributed by atoms with Crippen molar-refractivity contribution < 1.29 is 4.79 Å². The van der Waals surface area contributed by atoms with Gasteiger partial charge in [0, 0.05) is 29.9 Å². The van der Waals surface area contributed by atoms with Gasteiger partial charge in [0.2, 0.25) is 0 Å². The van der Waals surface area contributed by atoms with E-state index in [1.807, 2.05) is 59.5 Å². The topological polar surface area (TPSA) is 61.9 Å². The van der Waals surface area contributed by atoms with E-state index in [-0.39, 0.29) is 5.91 Å². The standard InChI is InChI=1S/C21H22N4O/c22-20-15-25(18-9-2-1-3-10-18)19(14-23-20)16-7-6-8-17(13-16)21(26)24-11-4-5-12-24/h1-3,6-10,13-14H,4-5,11-12,15H2,(H2,22,23). The number of carbonyl (C=O) groups excluding carboxylic acids is 1. The maximum absolute atomic E-state index is 12.7. The second kappa shape index (κ2) is 7.04. The van der Waals surface area contributed by atoms with E-state index in [0.717, 1.165) is 48.4 Å². The number of nitrogens with two attached hydrogens (primary N) is 1. The van der Waals surface area contributed by atoms with Gasteiger partial charge in [-0.25, -0.2) is 4.99 Å². The summed E-state index contributed by atoms with van der Waals surface area (Å²) in [7, 11) is 0.